The zero-order chi connectivity index (χ0) is 14.2. The maximum absolute atomic E-state index is 13.0. The van der Waals surface area contributed by atoms with Crippen LogP contribution in [0, 0.1) is 5.82 Å². The van der Waals surface area contributed by atoms with E-state index in [9.17, 15) is 4.39 Å². The molecular formula is C15H13FN4S. The van der Waals surface area contributed by atoms with E-state index in [2.05, 4.69) is 32.9 Å². The summed E-state index contributed by atoms with van der Waals surface area (Å²) >= 11 is 1.73. The molecule has 0 aliphatic carbocycles. The van der Waals surface area contributed by atoms with Gasteiger partial charge in [-0.3, -0.25) is 0 Å². The van der Waals surface area contributed by atoms with E-state index in [0.29, 0.717) is 5.82 Å². The van der Waals surface area contributed by atoms with Crippen LogP contribution < -0.4 is 5.32 Å². The third-order valence-electron chi connectivity index (χ3n) is 3.60. The third-order valence-corrected chi connectivity index (χ3v) is 4.57. The average molecular weight is 300 g/mol. The van der Waals surface area contributed by atoms with Crippen LogP contribution in [0.3, 0.4) is 0 Å². The van der Waals surface area contributed by atoms with Crippen LogP contribution in [-0.2, 0) is 0 Å². The van der Waals surface area contributed by atoms with Gasteiger partial charge in [0.1, 0.15) is 5.82 Å². The summed E-state index contributed by atoms with van der Waals surface area (Å²) in [5, 5.41) is 9.97. The molecule has 3 heterocycles. The highest BCUT2D eigenvalue weighted by Gasteiger charge is 2.25. The average Bonchev–Trinajstić information content (AvgIpc) is 3.17. The number of hydrogen-bond donors (Lipinski definition) is 1. The van der Waals surface area contributed by atoms with Crippen LogP contribution in [0.15, 0.2) is 41.8 Å². The second kappa shape index (κ2) is 4.96. The Kier molecular flexibility index (Phi) is 2.96. The molecule has 0 spiro atoms. The zero-order valence-electron chi connectivity index (χ0n) is 11.2. The number of benzene rings is 1. The first-order valence-electron chi connectivity index (χ1n) is 6.81. The maximum atomic E-state index is 13.0. The Morgan fingerprint density at radius 1 is 1.24 bits per heavy atom. The van der Waals surface area contributed by atoms with Gasteiger partial charge in [-0.2, -0.15) is 4.98 Å². The summed E-state index contributed by atoms with van der Waals surface area (Å²) in [6, 6.07) is 10.7. The summed E-state index contributed by atoms with van der Waals surface area (Å²) in [5.74, 6) is 1.15. The molecular weight excluding hydrogens is 287 g/mol. The van der Waals surface area contributed by atoms with Gasteiger partial charge in [-0.1, -0.05) is 6.07 Å². The smallest absolute Gasteiger partial charge is 0.222 e. The maximum Gasteiger partial charge on any atom is 0.222 e. The number of anilines is 1. The standard InChI is InChI=1S/C15H13FN4S/c16-11-5-3-10(4-6-11)14-18-15-17-8-7-12(20(15)19-14)13-2-1-9-21-13/h1-6,9,12H,7-8H2,(H,17,18,19). The normalized spacial score (nSPS) is 17.3. The lowest BCUT2D eigenvalue weighted by Crippen LogP contribution is -2.24. The van der Waals surface area contributed by atoms with Crippen molar-refractivity contribution in [2.24, 2.45) is 0 Å². The Morgan fingerprint density at radius 3 is 2.86 bits per heavy atom. The van der Waals surface area contributed by atoms with Crippen molar-refractivity contribution in [2.45, 2.75) is 12.5 Å². The summed E-state index contributed by atoms with van der Waals surface area (Å²) in [6.07, 6.45) is 0.986. The monoisotopic (exact) mass is 300 g/mol. The SMILES string of the molecule is Fc1ccc(-c2nc3n(n2)C(c2cccs2)CCN3)cc1. The van der Waals surface area contributed by atoms with E-state index in [1.54, 1.807) is 23.5 Å². The van der Waals surface area contributed by atoms with Crippen LogP contribution in [-0.4, -0.2) is 21.3 Å². The molecule has 4 rings (SSSR count). The Labute approximate surface area is 125 Å². The molecule has 0 amide bonds. The van der Waals surface area contributed by atoms with Gasteiger partial charge in [0.2, 0.25) is 5.95 Å². The fourth-order valence-corrected chi connectivity index (χ4v) is 3.42. The number of thiophene rings is 1. The minimum absolute atomic E-state index is 0.225. The van der Waals surface area contributed by atoms with Gasteiger partial charge < -0.3 is 5.32 Å². The summed E-state index contributed by atoms with van der Waals surface area (Å²) in [7, 11) is 0. The van der Waals surface area contributed by atoms with Crippen molar-refractivity contribution in [3.8, 4) is 11.4 Å². The van der Waals surface area contributed by atoms with E-state index in [4.69, 9.17) is 0 Å². The highest BCUT2D eigenvalue weighted by atomic mass is 32.1. The van der Waals surface area contributed by atoms with Crippen molar-refractivity contribution >= 4 is 17.3 Å². The van der Waals surface area contributed by atoms with Crippen molar-refractivity contribution < 1.29 is 4.39 Å². The van der Waals surface area contributed by atoms with E-state index in [1.807, 2.05) is 4.68 Å². The van der Waals surface area contributed by atoms with Crippen LogP contribution in [0.5, 0.6) is 0 Å². The molecule has 3 aromatic rings. The molecule has 1 aliphatic rings. The predicted octanol–water partition coefficient (Wildman–Crippen LogP) is 3.55. The second-order valence-corrected chi connectivity index (χ2v) is 5.94. The van der Waals surface area contributed by atoms with Crippen LogP contribution >= 0.6 is 11.3 Å². The molecule has 1 aromatic carbocycles. The van der Waals surface area contributed by atoms with Crippen molar-refractivity contribution in [2.75, 3.05) is 11.9 Å². The molecule has 1 unspecified atom stereocenters. The summed E-state index contributed by atoms with van der Waals surface area (Å²) in [6.45, 7) is 0.879. The van der Waals surface area contributed by atoms with E-state index in [0.717, 1.165) is 24.5 Å². The van der Waals surface area contributed by atoms with Gasteiger partial charge in [-0.15, -0.1) is 16.4 Å². The largest absolute Gasteiger partial charge is 0.354 e. The number of nitrogens with one attached hydrogen (secondary N) is 1. The Balaban J connectivity index is 1.75. The van der Waals surface area contributed by atoms with E-state index >= 15 is 0 Å². The van der Waals surface area contributed by atoms with Gasteiger partial charge >= 0.3 is 0 Å². The fourth-order valence-electron chi connectivity index (χ4n) is 2.57. The zero-order valence-corrected chi connectivity index (χ0v) is 12.0. The van der Waals surface area contributed by atoms with Crippen LogP contribution in [0.4, 0.5) is 10.3 Å². The highest BCUT2D eigenvalue weighted by molar-refractivity contribution is 7.10. The Bertz CT molecular complexity index is 749. The number of hydrogen-bond acceptors (Lipinski definition) is 4. The van der Waals surface area contributed by atoms with Crippen LogP contribution in [0.25, 0.3) is 11.4 Å². The molecule has 2 aromatic heterocycles. The molecule has 0 fully saturated rings. The van der Waals surface area contributed by atoms with E-state index in [-0.39, 0.29) is 11.9 Å². The number of rotatable bonds is 2. The molecule has 1 aliphatic heterocycles. The van der Waals surface area contributed by atoms with Gasteiger partial charge in [0.15, 0.2) is 5.82 Å². The molecule has 0 radical (unpaired) electrons. The molecule has 1 N–H and O–H groups in total. The predicted molar refractivity (Wildman–Crippen MR) is 81.0 cm³/mol. The summed E-state index contributed by atoms with van der Waals surface area (Å²) < 4.78 is 15.0. The molecule has 21 heavy (non-hydrogen) atoms. The van der Waals surface area contributed by atoms with Gasteiger partial charge in [-0.05, 0) is 42.1 Å². The molecule has 0 saturated carbocycles. The Morgan fingerprint density at radius 2 is 2.10 bits per heavy atom. The Hall–Kier alpha value is -2.21. The van der Waals surface area contributed by atoms with Gasteiger partial charge in [-0.25, -0.2) is 9.07 Å². The van der Waals surface area contributed by atoms with Crippen LogP contribution in [0.1, 0.15) is 17.3 Å². The number of halogens is 1. The lowest BCUT2D eigenvalue weighted by molar-refractivity contribution is 0.488. The van der Waals surface area contributed by atoms with Crippen molar-refractivity contribution in [3.63, 3.8) is 0 Å². The van der Waals surface area contributed by atoms with Crippen LogP contribution in [0.2, 0.25) is 0 Å². The fraction of sp³-hybridized carbons (Fsp3) is 0.200. The van der Waals surface area contributed by atoms with E-state index in [1.165, 1.54) is 17.0 Å². The summed E-state index contributed by atoms with van der Waals surface area (Å²) in [5.41, 5.74) is 0.824. The molecule has 0 bridgehead atoms. The first-order chi connectivity index (χ1) is 10.3. The summed E-state index contributed by atoms with van der Waals surface area (Å²) in [4.78, 5) is 5.82. The quantitative estimate of drug-likeness (QED) is 0.787. The van der Waals surface area contributed by atoms with Crippen molar-refractivity contribution in [3.05, 3.63) is 52.5 Å². The second-order valence-electron chi connectivity index (χ2n) is 4.96. The highest BCUT2D eigenvalue weighted by Crippen LogP contribution is 2.32. The van der Waals surface area contributed by atoms with Crippen molar-refractivity contribution in [1.29, 1.82) is 0 Å². The minimum Gasteiger partial charge on any atom is -0.354 e. The van der Waals surface area contributed by atoms with Crippen molar-refractivity contribution in [1.82, 2.24) is 14.8 Å². The molecule has 106 valence electrons. The number of nitrogens with zero attached hydrogens (tertiary/aromatic N) is 3. The van der Waals surface area contributed by atoms with Gasteiger partial charge in [0.05, 0.1) is 6.04 Å². The molecule has 1 atom stereocenters. The molecule has 0 saturated heterocycles. The van der Waals surface area contributed by atoms with Gasteiger partial charge in [0, 0.05) is 17.0 Å². The van der Waals surface area contributed by atoms with Gasteiger partial charge in [0.25, 0.3) is 0 Å². The van der Waals surface area contributed by atoms with E-state index < -0.39 is 0 Å². The number of aromatic nitrogens is 3. The third kappa shape index (κ3) is 2.21. The molecule has 4 nitrogen and oxygen atoms in total. The first kappa shape index (κ1) is 12.5. The lowest BCUT2D eigenvalue weighted by atomic mass is 10.1. The topological polar surface area (TPSA) is 42.7 Å². The first-order valence-corrected chi connectivity index (χ1v) is 7.69. The number of fused-ring (bicyclic) bond motifs is 1. The molecule has 6 heteroatoms. The lowest BCUT2D eigenvalue weighted by Gasteiger charge is -2.23. The minimum atomic E-state index is -0.252.